The van der Waals surface area contributed by atoms with Crippen LogP contribution in [0.4, 0.5) is 0 Å². The van der Waals surface area contributed by atoms with E-state index in [0.717, 1.165) is 32.1 Å². The highest BCUT2D eigenvalue weighted by atomic mass is 16.3. The van der Waals surface area contributed by atoms with Gasteiger partial charge < -0.3 is 15.0 Å². The minimum Gasteiger partial charge on any atom is -0.382 e. The highest BCUT2D eigenvalue weighted by Crippen LogP contribution is 2.40. The van der Waals surface area contributed by atoms with E-state index >= 15 is 0 Å². The fourth-order valence-electron chi connectivity index (χ4n) is 4.60. The Hall–Kier alpha value is -2.70. The quantitative estimate of drug-likeness (QED) is 0.706. The lowest BCUT2D eigenvalue weighted by molar-refractivity contribution is -0.134. The molecule has 1 aliphatic carbocycles. The zero-order chi connectivity index (χ0) is 23.6. The molecule has 32 heavy (non-hydrogen) atoms. The number of carbonyl (C=O) groups is 2. The van der Waals surface area contributed by atoms with Gasteiger partial charge in [-0.25, -0.2) is 0 Å². The zero-order valence-electron chi connectivity index (χ0n) is 19.5. The number of aliphatic hydroxyl groups is 1. The average molecular weight is 437 g/mol. The van der Waals surface area contributed by atoms with Crippen LogP contribution in [0.3, 0.4) is 0 Å². The number of aromatic nitrogens is 1. The van der Waals surface area contributed by atoms with Gasteiger partial charge in [-0.2, -0.15) is 0 Å². The molecule has 0 saturated carbocycles. The molecule has 1 unspecified atom stereocenters. The number of benzene rings is 1. The molecule has 1 aliphatic heterocycles. The van der Waals surface area contributed by atoms with Crippen LogP contribution in [-0.4, -0.2) is 69.9 Å². The summed E-state index contributed by atoms with van der Waals surface area (Å²) in [5, 5.41) is 10.1. The minimum absolute atomic E-state index is 0.0445. The number of rotatable bonds is 5. The highest BCUT2D eigenvalue weighted by Gasteiger charge is 2.36. The molecule has 171 valence electrons. The van der Waals surface area contributed by atoms with Gasteiger partial charge in [0.2, 0.25) is 5.91 Å². The van der Waals surface area contributed by atoms with Crippen LogP contribution >= 0.6 is 0 Å². The summed E-state index contributed by atoms with van der Waals surface area (Å²) < 4.78 is 0. The fraction of sp³-hybridized carbons (Fsp3) is 0.423. The Bertz CT molecular complexity index is 1040. The Morgan fingerprint density at radius 2 is 2.03 bits per heavy atom. The normalized spacial score (nSPS) is 20.0. The third-order valence-electron chi connectivity index (χ3n) is 6.38. The molecule has 2 heterocycles. The summed E-state index contributed by atoms with van der Waals surface area (Å²) in [7, 11) is 2.15. The van der Waals surface area contributed by atoms with E-state index in [4.69, 9.17) is 5.11 Å². The number of fused-ring (bicyclic) bond motifs is 2. The average Bonchev–Trinajstić information content (AvgIpc) is 3.18. The van der Waals surface area contributed by atoms with Gasteiger partial charge in [-0.15, -0.1) is 0 Å². The molecule has 0 spiro atoms. The summed E-state index contributed by atoms with van der Waals surface area (Å²) in [4.78, 5) is 31.0. The molecule has 0 saturated heterocycles. The molecule has 6 heteroatoms. The Labute approximate surface area is 190 Å². The molecular formula is C26H34N3O3. The lowest BCUT2D eigenvalue weighted by Crippen LogP contribution is -2.47. The van der Waals surface area contributed by atoms with Crippen molar-refractivity contribution in [2.24, 2.45) is 5.92 Å². The number of hydrogen-bond acceptors (Lipinski definition) is 4. The Morgan fingerprint density at radius 1 is 1.34 bits per heavy atom. The van der Waals surface area contributed by atoms with Gasteiger partial charge in [0.05, 0.1) is 5.92 Å². The van der Waals surface area contributed by atoms with E-state index in [-0.39, 0.29) is 11.8 Å². The first-order valence-electron chi connectivity index (χ1n) is 11.2. The molecule has 4 rings (SSSR count). The van der Waals surface area contributed by atoms with Crippen LogP contribution in [0.2, 0.25) is 0 Å². The van der Waals surface area contributed by atoms with Crippen LogP contribution in [0.15, 0.2) is 43.1 Å². The molecule has 1 amide bonds. The van der Waals surface area contributed by atoms with E-state index in [1.165, 1.54) is 34.5 Å². The first kappa shape index (κ1) is 24.0. The van der Waals surface area contributed by atoms with Gasteiger partial charge in [-0.1, -0.05) is 24.8 Å². The molecule has 2 N–H and O–H groups in total. The summed E-state index contributed by atoms with van der Waals surface area (Å²) in [6.07, 6.45) is 6.46. The van der Waals surface area contributed by atoms with E-state index in [2.05, 4.69) is 74.8 Å². The smallest absolute Gasteiger partial charge is 0.230 e. The standard InChI is InChI=1S/C20H25N3O.C6H9O2/c1-4-23(5-2)20(24)14-9-16-15-7-6-8-17-19(15)13(11-21-17)10-18(16)22(3)12-14;1-4-5(7)6(2,3)8/h6-9,11,14,18,21H,4-5,10,12H2,1-3H3;4,8H,1-2H2,3H3/t14-,18-;/m1./s1. The van der Waals surface area contributed by atoms with Crippen LogP contribution in [0.1, 0.15) is 31.9 Å². The molecule has 1 aromatic heterocycles. The predicted molar refractivity (Wildman–Crippen MR) is 129 cm³/mol. The van der Waals surface area contributed by atoms with Gasteiger partial charge in [0.1, 0.15) is 5.60 Å². The highest BCUT2D eigenvalue weighted by molar-refractivity contribution is 5.99. The fourth-order valence-corrected chi connectivity index (χ4v) is 4.60. The third kappa shape index (κ3) is 4.57. The number of amides is 1. The van der Waals surface area contributed by atoms with Crippen molar-refractivity contribution in [3.63, 3.8) is 0 Å². The number of H-pyrrole nitrogens is 1. The molecule has 2 aromatic rings. The number of hydrogen-bond donors (Lipinski definition) is 2. The number of nitrogens with zero attached hydrogens (tertiary/aromatic N) is 2. The van der Waals surface area contributed by atoms with Crippen LogP contribution in [0.25, 0.3) is 16.5 Å². The maximum absolute atomic E-state index is 12.9. The summed E-state index contributed by atoms with van der Waals surface area (Å²) in [6, 6.07) is 6.82. The molecule has 2 aliphatic rings. The summed E-state index contributed by atoms with van der Waals surface area (Å²) in [5.74, 6) is -0.251. The minimum atomic E-state index is -1.50. The summed E-state index contributed by atoms with van der Waals surface area (Å²) in [5.41, 5.74) is 3.71. The third-order valence-corrected chi connectivity index (χ3v) is 6.38. The lowest BCUT2D eigenvalue weighted by atomic mass is 9.79. The first-order valence-corrected chi connectivity index (χ1v) is 11.2. The van der Waals surface area contributed by atoms with Crippen molar-refractivity contribution in [3.8, 4) is 0 Å². The van der Waals surface area contributed by atoms with Gasteiger partial charge in [0, 0.05) is 42.8 Å². The lowest BCUT2D eigenvalue weighted by Gasteiger charge is -2.40. The SMILES string of the molecule is CCN(CC)C(=O)[C@@H]1C=C2c3cccc4[nH]cc(c34)C[C@H]2N(C)C1.[CH2]C(C)(O)C(=O)C=C. The number of aromatic amines is 1. The van der Waals surface area contributed by atoms with Crippen molar-refractivity contribution in [2.45, 2.75) is 38.8 Å². The molecule has 0 bridgehead atoms. The van der Waals surface area contributed by atoms with Gasteiger partial charge >= 0.3 is 0 Å². The van der Waals surface area contributed by atoms with Crippen LogP contribution in [0.5, 0.6) is 0 Å². The van der Waals surface area contributed by atoms with Gasteiger partial charge in [-0.3, -0.25) is 14.5 Å². The van der Waals surface area contributed by atoms with Gasteiger partial charge in [-0.05, 0) is 70.0 Å². The van der Waals surface area contributed by atoms with Gasteiger partial charge in [0.15, 0.2) is 5.78 Å². The maximum atomic E-state index is 12.9. The molecule has 0 fully saturated rings. The molecule has 3 atom stereocenters. The molecule has 1 aromatic carbocycles. The molecule has 6 nitrogen and oxygen atoms in total. The van der Waals surface area contributed by atoms with Crippen molar-refractivity contribution in [2.75, 3.05) is 26.7 Å². The predicted octanol–water partition coefficient (Wildman–Crippen LogP) is 3.23. The van der Waals surface area contributed by atoms with Crippen LogP contribution < -0.4 is 0 Å². The summed E-state index contributed by atoms with van der Waals surface area (Å²) in [6.45, 7) is 14.1. The van der Waals surface area contributed by atoms with E-state index in [9.17, 15) is 9.59 Å². The monoisotopic (exact) mass is 436 g/mol. The Kier molecular flexibility index (Phi) is 7.06. The second-order valence-corrected chi connectivity index (χ2v) is 8.78. The zero-order valence-corrected chi connectivity index (χ0v) is 19.5. The second kappa shape index (κ2) is 9.43. The van der Waals surface area contributed by atoms with Crippen molar-refractivity contribution in [1.29, 1.82) is 0 Å². The topological polar surface area (TPSA) is 76.6 Å². The molecular weight excluding hydrogens is 402 g/mol. The van der Waals surface area contributed by atoms with Crippen molar-refractivity contribution in [3.05, 3.63) is 61.2 Å². The van der Waals surface area contributed by atoms with Gasteiger partial charge in [0.25, 0.3) is 0 Å². The van der Waals surface area contributed by atoms with Crippen molar-refractivity contribution >= 4 is 28.2 Å². The number of ketones is 1. The number of carbonyl (C=O) groups excluding carboxylic acids is 2. The Balaban J connectivity index is 0.000000312. The maximum Gasteiger partial charge on any atom is 0.230 e. The van der Waals surface area contributed by atoms with Crippen LogP contribution in [-0.2, 0) is 16.0 Å². The second-order valence-electron chi connectivity index (χ2n) is 8.78. The van der Waals surface area contributed by atoms with E-state index in [1.54, 1.807) is 0 Å². The van der Waals surface area contributed by atoms with Crippen molar-refractivity contribution < 1.29 is 14.7 Å². The largest absolute Gasteiger partial charge is 0.382 e. The Morgan fingerprint density at radius 3 is 2.59 bits per heavy atom. The van der Waals surface area contributed by atoms with E-state index in [1.807, 2.05) is 4.90 Å². The van der Waals surface area contributed by atoms with Crippen LogP contribution in [0, 0.1) is 12.8 Å². The van der Waals surface area contributed by atoms with Crippen molar-refractivity contribution in [1.82, 2.24) is 14.8 Å². The molecule has 1 radical (unpaired) electrons. The van der Waals surface area contributed by atoms with E-state index < -0.39 is 11.4 Å². The number of nitrogens with one attached hydrogen (secondary N) is 1. The summed E-state index contributed by atoms with van der Waals surface area (Å²) >= 11 is 0. The number of likely N-dealkylation sites (N-methyl/N-ethyl adjacent to an activating group) is 1. The van der Waals surface area contributed by atoms with E-state index in [0.29, 0.717) is 6.04 Å². The first-order chi connectivity index (χ1) is 15.1.